The monoisotopic (exact) mass is 373 g/mol. The normalized spacial score (nSPS) is 20.0. The van der Waals surface area contributed by atoms with Gasteiger partial charge in [0.25, 0.3) is 11.5 Å². The molecule has 26 heavy (non-hydrogen) atoms. The van der Waals surface area contributed by atoms with E-state index >= 15 is 0 Å². The predicted molar refractivity (Wildman–Crippen MR) is 106 cm³/mol. The number of carbonyl (C=O) groups excluding carboxylic acids is 1. The Hall–Kier alpha value is -1.66. The third-order valence-electron chi connectivity index (χ3n) is 5.97. The Kier molecular flexibility index (Phi) is 4.88. The minimum Gasteiger partial charge on any atom is -0.338 e. The van der Waals surface area contributed by atoms with Gasteiger partial charge in [0.1, 0.15) is 0 Å². The van der Waals surface area contributed by atoms with Crippen LogP contribution in [0.1, 0.15) is 47.3 Å². The van der Waals surface area contributed by atoms with Crippen LogP contribution in [-0.2, 0) is 7.05 Å². The molecule has 4 heterocycles. The summed E-state index contributed by atoms with van der Waals surface area (Å²) in [5.41, 5.74) is 0.557. The van der Waals surface area contributed by atoms with Crippen molar-refractivity contribution in [1.82, 2.24) is 14.4 Å². The van der Waals surface area contributed by atoms with Gasteiger partial charge in [-0.1, -0.05) is 6.42 Å². The number of piperidine rings is 2. The molecule has 2 saturated heterocycles. The molecule has 2 aromatic heterocycles. The molecule has 2 fully saturated rings. The van der Waals surface area contributed by atoms with Crippen LogP contribution in [0, 0.1) is 6.92 Å². The van der Waals surface area contributed by atoms with Crippen LogP contribution in [-0.4, -0.2) is 52.5 Å². The Morgan fingerprint density at radius 2 is 1.81 bits per heavy atom. The van der Waals surface area contributed by atoms with Crippen LogP contribution < -0.4 is 5.56 Å². The van der Waals surface area contributed by atoms with Crippen LogP contribution in [0.15, 0.2) is 17.1 Å². The van der Waals surface area contributed by atoms with Gasteiger partial charge in [0.05, 0.1) is 10.9 Å². The van der Waals surface area contributed by atoms with E-state index in [-0.39, 0.29) is 11.5 Å². The second kappa shape index (κ2) is 7.16. The average molecular weight is 374 g/mol. The first kappa shape index (κ1) is 17.7. The largest absolute Gasteiger partial charge is 0.338 e. The predicted octanol–water partition coefficient (Wildman–Crippen LogP) is 3.00. The van der Waals surface area contributed by atoms with E-state index in [1.807, 2.05) is 17.9 Å². The van der Waals surface area contributed by atoms with Gasteiger partial charge in [-0.05, 0) is 51.8 Å². The van der Waals surface area contributed by atoms with E-state index in [0.29, 0.717) is 17.0 Å². The fourth-order valence-corrected chi connectivity index (χ4v) is 5.49. The van der Waals surface area contributed by atoms with E-state index in [4.69, 9.17) is 0 Å². The maximum atomic E-state index is 13.2. The average Bonchev–Trinajstić information content (AvgIpc) is 3.02. The highest BCUT2D eigenvalue weighted by Crippen LogP contribution is 2.30. The lowest BCUT2D eigenvalue weighted by molar-refractivity contribution is 0.0591. The molecule has 0 N–H and O–H groups in total. The first-order valence-electron chi connectivity index (χ1n) is 9.68. The molecule has 0 spiro atoms. The maximum absolute atomic E-state index is 13.2. The molecular weight excluding hydrogens is 346 g/mol. The van der Waals surface area contributed by atoms with Crippen molar-refractivity contribution in [1.29, 1.82) is 0 Å². The summed E-state index contributed by atoms with van der Waals surface area (Å²) >= 11 is 1.55. The number of hydrogen-bond acceptors (Lipinski definition) is 4. The summed E-state index contributed by atoms with van der Waals surface area (Å²) in [7, 11) is 1.74. The number of rotatable bonds is 2. The van der Waals surface area contributed by atoms with Gasteiger partial charge in [0, 0.05) is 42.0 Å². The highest BCUT2D eigenvalue weighted by Gasteiger charge is 2.30. The van der Waals surface area contributed by atoms with Crippen molar-refractivity contribution >= 4 is 27.3 Å². The smallest absolute Gasteiger partial charge is 0.259 e. The number of fused-ring (bicyclic) bond motifs is 1. The molecule has 0 atom stereocenters. The molecule has 5 nitrogen and oxygen atoms in total. The topological polar surface area (TPSA) is 45.6 Å². The first-order chi connectivity index (χ1) is 12.6. The number of hydrogen-bond donors (Lipinski definition) is 0. The number of pyridine rings is 1. The van der Waals surface area contributed by atoms with Gasteiger partial charge in [-0.3, -0.25) is 9.59 Å². The Morgan fingerprint density at radius 1 is 1.12 bits per heavy atom. The van der Waals surface area contributed by atoms with E-state index in [1.165, 1.54) is 32.4 Å². The molecular formula is C20H27N3O2S. The number of carbonyl (C=O) groups is 1. The van der Waals surface area contributed by atoms with Gasteiger partial charge in [0.15, 0.2) is 0 Å². The van der Waals surface area contributed by atoms with Gasteiger partial charge in [-0.25, -0.2) is 0 Å². The molecule has 0 bridgehead atoms. The molecule has 6 heteroatoms. The summed E-state index contributed by atoms with van der Waals surface area (Å²) in [6.07, 6.45) is 7.84. The molecule has 1 amide bonds. The minimum absolute atomic E-state index is 0.0362. The molecule has 140 valence electrons. The van der Waals surface area contributed by atoms with Gasteiger partial charge >= 0.3 is 0 Å². The van der Waals surface area contributed by atoms with E-state index in [1.54, 1.807) is 29.1 Å². The zero-order valence-corrected chi connectivity index (χ0v) is 16.5. The van der Waals surface area contributed by atoms with Crippen LogP contribution in [0.4, 0.5) is 0 Å². The third kappa shape index (κ3) is 3.09. The standard InChI is InChI=1S/C20H27N3O2S/c1-14-17(18-16(26-14)8-11-21(2)19(18)24)20(25)23-12-6-15(7-13-23)22-9-4-3-5-10-22/h8,11,15H,3-7,9-10,12-13H2,1-2H3. The number of aromatic nitrogens is 1. The molecule has 0 unspecified atom stereocenters. The maximum Gasteiger partial charge on any atom is 0.259 e. The van der Waals surface area contributed by atoms with Crippen molar-refractivity contribution in [2.75, 3.05) is 26.2 Å². The Morgan fingerprint density at radius 3 is 2.50 bits per heavy atom. The third-order valence-corrected chi connectivity index (χ3v) is 7.04. The lowest BCUT2D eigenvalue weighted by Crippen LogP contribution is -2.48. The van der Waals surface area contributed by atoms with Crippen molar-refractivity contribution in [3.63, 3.8) is 0 Å². The zero-order chi connectivity index (χ0) is 18.3. The van der Waals surface area contributed by atoms with Gasteiger partial charge in [-0.15, -0.1) is 11.3 Å². The highest BCUT2D eigenvalue weighted by molar-refractivity contribution is 7.19. The van der Waals surface area contributed by atoms with Crippen molar-refractivity contribution < 1.29 is 4.79 Å². The van der Waals surface area contributed by atoms with Crippen molar-refractivity contribution in [2.45, 2.75) is 45.1 Å². The Balaban J connectivity index is 1.54. The van der Waals surface area contributed by atoms with Crippen molar-refractivity contribution in [2.24, 2.45) is 7.05 Å². The molecule has 0 radical (unpaired) electrons. The van der Waals surface area contributed by atoms with Crippen molar-refractivity contribution in [3.8, 4) is 0 Å². The molecule has 4 rings (SSSR count). The van der Waals surface area contributed by atoms with Crippen LogP contribution >= 0.6 is 11.3 Å². The van der Waals surface area contributed by atoms with Crippen LogP contribution in [0.3, 0.4) is 0 Å². The van der Waals surface area contributed by atoms with E-state index < -0.39 is 0 Å². The summed E-state index contributed by atoms with van der Waals surface area (Å²) in [6, 6.07) is 2.56. The van der Waals surface area contributed by atoms with Gasteiger partial charge in [0.2, 0.25) is 0 Å². The fourth-order valence-electron chi connectivity index (χ4n) is 4.45. The lowest BCUT2D eigenvalue weighted by Gasteiger charge is -2.40. The minimum atomic E-state index is -0.0709. The number of likely N-dealkylation sites (tertiary alicyclic amines) is 2. The number of aryl methyl sites for hydroxylation is 2. The Bertz CT molecular complexity index is 871. The molecule has 2 aromatic rings. The quantitative estimate of drug-likeness (QED) is 0.813. The molecule has 2 aliphatic rings. The second-order valence-electron chi connectivity index (χ2n) is 7.62. The van der Waals surface area contributed by atoms with Crippen LogP contribution in [0.25, 0.3) is 10.1 Å². The fraction of sp³-hybridized carbons (Fsp3) is 0.600. The SMILES string of the molecule is Cc1sc2ccn(C)c(=O)c2c1C(=O)N1CCC(N2CCCCC2)CC1. The molecule has 0 saturated carbocycles. The Labute approximate surface area is 158 Å². The van der Waals surface area contributed by atoms with E-state index in [2.05, 4.69) is 4.90 Å². The summed E-state index contributed by atoms with van der Waals surface area (Å²) < 4.78 is 2.48. The number of amides is 1. The van der Waals surface area contributed by atoms with Crippen LogP contribution in [0.2, 0.25) is 0 Å². The summed E-state index contributed by atoms with van der Waals surface area (Å²) in [4.78, 5) is 31.3. The first-order valence-corrected chi connectivity index (χ1v) is 10.5. The summed E-state index contributed by atoms with van der Waals surface area (Å²) in [5, 5.41) is 0.598. The van der Waals surface area contributed by atoms with Crippen molar-refractivity contribution in [3.05, 3.63) is 33.1 Å². The number of nitrogens with zero attached hydrogens (tertiary/aromatic N) is 3. The summed E-state index contributed by atoms with van der Waals surface area (Å²) in [5.74, 6) is 0.0362. The molecule has 2 aliphatic heterocycles. The second-order valence-corrected chi connectivity index (χ2v) is 8.88. The van der Waals surface area contributed by atoms with Gasteiger partial charge < -0.3 is 14.4 Å². The summed E-state index contributed by atoms with van der Waals surface area (Å²) in [6.45, 7) is 5.97. The number of thiophene rings is 1. The zero-order valence-electron chi connectivity index (χ0n) is 15.7. The van der Waals surface area contributed by atoms with E-state index in [9.17, 15) is 9.59 Å². The lowest BCUT2D eigenvalue weighted by atomic mass is 9.99. The van der Waals surface area contributed by atoms with E-state index in [0.717, 1.165) is 35.5 Å². The van der Waals surface area contributed by atoms with Gasteiger partial charge in [-0.2, -0.15) is 0 Å². The molecule has 0 aromatic carbocycles. The van der Waals surface area contributed by atoms with Crippen LogP contribution in [0.5, 0.6) is 0 Å². The molecule has 0 aliphatic carbocycles. The highest BCUT2D eigenvalue weighted by atomic mass is 32.1.